The van der Waals surface area contributed by atoms with Crippen LogP contribution in [0.4, 0.5) is 0 Å². The predicted molar refractivity (Wildman–Crippen MR) is 97.9 cm³/mol. The van der Waals surface area contributed by atoms with Gasteiger partial charge >= 0.3 is 0 Å². The Bertz CT molecular complexity index is 1080. The molecule has 124 valence electrons. The molecular formula is C20H17N3O2. The molecule has 2 aromatic heterocycles. The molecule has 4 rings (SSSR count). The number of benzene rings is 2. The normalized spacial score (nSPS) is 10.9. The maximum Gasteiger partial charge on any atom is 0.250 e. The number of carbonyl (C=O) groups is 1. The number of aryl methyl sites for hydroxylation is 1. The SMILES string of the molecule is Cc1[nH]c(-c2ccccc2Oc2ccc3[nH]ccc3c2)cc1C(N)=O. The highest BCUT2D eigenvalue weighted by atomic mass is 16.5. The van der Waals surface area contributed by atoms with Crippen LogP contribution in [0.3, 0.4) is 0 Å². The summed E-state index contributed by atoms with van der Waals surface area (Å²) in [5.74, 6) is 1.00. The monoisotopic (exact) mass is 331 g/mol. The molecule has 0 aliphatic carbocycles. The van der Waals surface area contributed by atoms with Crippen LogP contribution in [0.1, 0.15) is 16.1 Å². The number of aromatic nitrogens is 2. The number of nitrogens with one attached hydrogen (secondary N) is 2. The van der Waals surface area contributed by atoms with Gasteiger partial charge < -0.3 is 20.4 Å². The number of nitrogens with two attached hydrogens (primary N) is 1. The van der Waals surface area contributed by atoms with E-state index in [0.29, 0.717) is 11.3 Å². The highest BCUT2D eigenvalue weighted by Crippen LogP contribution is 2.34. The summed E-state index contributed by atoms with van der Waals surface area (Å²) in [6.07, 6.45) is 1.90. The van der Waals surface area contributed by atoms with Crippen molar-refractivity contribution in [3.63, 3.8) is 0 Å². The fourth-order valence-corrected chi connectivity index (χ4v) is 2.96. The van der Waals surface area contributed by atoms with E-state index in [9.17, 15) is 4.79 Å². The summed E-state index contributed by atoms with van der Waals surface area (Å²) in [5, 5.41) is 1.08. The van der Waals surface area contributed by atoms with Crippen LogP contribution in [0.25, 0.3) is 22.2 Å². The van der Waals surface area contributed by atoms with Gasteiger partial charge in [-0.1, -0.05) is 12.1 Å². The number of H-pyrrole nitrogens is 2. The second-order valence-electron chi connectivity index (χ2n) is 5.91. The minimum Gasteiger partial charge on any atom is -0.457 e. The second kappa shape index (κ2) is 5.87. The van der Waals surface area contributed by atoms with Crippen LogP contribution >= 0.6 is 0 Å². The first kappa shape index (κ1) is 15.1. The van der Waals surface area contributed by atoms with Crippen molar-refractivity contribution in [3.8, 4) is 22.8 Å². The molecule has 5 heteroatoms. The molecule has 0 bridgehead atoms. The van der Waals surface area contributed by atoms with E-state index in [4.69, 9.17) is 10.5 Å². The Morgan fingerprint density at radius 1 is 1.08 bits per heavy atom. The summed E-state index contributed by atoms with van der Waals surface area (Å²) in [6.45, 7) is 1.83. The zero-order valence-electron chi connectivity index (χ0n) is 13.7. The number of fused-ring (bicyclic) bond motifs is 1. The van der Waals surface area contributed by atoms with Gasteiger partial charge in [0, 0.05) is 28.4 Å². The quantitative estimate of drug-likeness (QED) is 0.519. The highest BCUT2D eigenvalue weighted by Gasteiger charge is 2.14. The van der Waals surface area contributed by atoms with Gasteiger partial charge in [0.25, 0.3) is 5.91 Å². The number of hydrogen-bond acceptors (Lipinski definition) is 2. The third kappa shape index (κ3) is 2.76. The van der Waals surface area contributed by atoms with Gasteiger partial charge in [-0.25, -0.2) is 0 Å². The molecule has 25 heavy (non-hydrogen) atoms. The minimum absolute atomic E-state index is 0.448. The van der Waals surface area contributed by atoms with E-state index >= 15 is 0 Å². The number of primary amides is 1. The van der Waals surface area contributed by atoms with Crippen LogP contribution in [0.5, 0.6) is 11.5 Å². The van der Waals surface area contributed by atoms with Gasteiger partial charge in [-0.15, -0.1) is 0 Å². The summed E-state index contributed by atoms with van der Waals surface area (Å²) in [5.41, 5.74) is 9.37. The van der Waals surface area contributed by atoms with Gasteiger partial charge in [0.2, 0.25) is 0 Å². The molecule has 1 amide bonds. The molecule has 0 aliphatic heterocycles. The van der Waals surface area contributed by atoms with Gasteiger partial charge in [0.05, 0.1) is 11.3 Å². The van der Waals surface area contributed by atoms with Gasteiger partial charge in [-0.3, -0.25) is 4.79 Å². The van der Waals surface area contributed by atoms with Crippen LogP contribution in [-0.2, 0) is 0 Å². The van der Waals surface area contributed by atoms with E-state index in [1.807, 2.05) is 61.7 Å². The lowest BCUT2D eigenvalue weighted by Crippen LogP contribution is -2.10. The predicted octanol–water partition coefficient (Wildman–Crippen LogP) is 4.36. The number of rotatable bonds is 4. The topological polar surface area (TPSA) is 83.9 Å². The maximum absolute atomic E-state index is 11.5. The van der Waals surface area contributed by atoms with Crippen LogP contribution in [-0.4, -0.2) is 15.9 Å². The van der Waals surface area contributed by atoms with E-state index in [0.717, 1.165) is 33.6 Å². The van der Waals surface area contributed by atoms with Crippen LogP contribution < -0.4 is 10.5 Å². The number of amides is 1. The highest BCUT2D eigenvalue weighted by molar-refractivity contribution is 5.95. The smallest absolute Gasteiger partial charge is 0.250 e. The molecular weight excluding hydrogens is 314 g/mol. The largest absolute Gasteiger partial charge is 0.457 e. The number of carbonyl (C=O) groups excluding carboxylic acids is 1. The average molecular weight is 331 g/mol. The Hall–Kier alpha value is -3.47. The van der Waals surface area contributed by atoms with Gasteiger partial charge in [0.15, 0.2) is 0 Å². The number of ether oxygens (including phenoxy) is 1. The first-order chi connectivity index (χ1) is 12.1. The fraction of sp³-hybridized carbons (Fsp3) is 0.0500. The molecule has 0 atom stereocenters. The van der Waals surface area contributed by atoms with Gasteiger partial charge in [0.1, 0.15) is 11.5 Å². The standard InChI is InChI=1S/C20H17N3O2/c1-12-16(20(21)24)11-18(23-12)15-4-2-3-5-19(15)25-14-6-7-17-13(10-14)8-9-22-17/h2-11,22-23H,1H3,(H2,21,24). The lowest BCUT2D eigenvalue weighted by Gasteiger charge is -2.10. The molecule has 0 spiro atoms. The minimum atomic E-state index is -0.448. The first-order valence-corrected chi connectivity index (χ1v) is 7.95. The lowest BCUT2D eigenvalue weighted by molar-refractivity contribution is 0.1000. The van der Waals surface area contributed by atoms with Crippen molar-refractivity contribution in [2.45, 2.75) is 6.92 Å². The van der Waals surface area contributed by atoms with Crippen molar-refractivity contribution >= 4 is 16.8 Å². The molecule has 5 nitrogen and oxygen atoms in total. The number of para-hydroxylation sites is 1. The van der Waals surface area contributed by atoms with Gasteiger partial charge in [-0.05, 0) is 49.4 Å². The Balaban J connectivity index is 1.73. The number of aromatic amines is 2. The van der Waals surface area contributed by atoms with Crippen molar-refractivity contribution in [1.29, 1.82) is 0 Å². The summed E-state index contributed by atoms with van der Waals surface area (Å²) < 4.78 is 6.10. The summed E-state index contributed by atoms with van der Waals surface area (Å²) in [6, 6.07) is 17.3. The maximum atomic E-state index is 11.5. The molecule has 0 saturated carbocycles. The Morgan fingerprint density at radius 2 is 1.92 bits per heavy atom. The van der Waals surface area contributed by atoms with Crippen molar-refractivity contribution < 1.29 is 9.53 Å². The Morgan fingerprint density at radius 3 is 2.72 bits per heavy atom. The second-order valence-corrected chi connectivity index (χ2v) is 5.91. The molecule has 0 fully saturated rings. The summed E-state index contributed by atoms with van der Waals surface area (Å²) in [7, 11) is 0. The van der Waals surface area contributed by atoms with E-state index in [2.05, 4.69) is 9.97 Å². The van der Waals surface area contributed by atoms with Crippen LogP contribution in [0.15, 0.2) is 60.8 Å². The van der Waals surface area contributed by atoms with E-state index in [1.54, 1.807) is 6.07 Å². The van der Waals surface area contributed by atoms with Gasteiger partial charge in [-0.2, -0.15) is 0 Å². The van der Waals surface area contributed by atoms with Crippen molar-refractivity contribution in [2.24, 2.45) is 5.73 Å². The van der Waals surface area contributed by atoms with E-state index in [1.165, 1.54) is 0 Å². The first-order valence-electron chi connectivity index (χ1n) is 7.95. The molecule has 2 aromatic carbocycles. The molecule has 4 aromatic rings. The van der Waals surface area contributed by atoms with Crippen LogP contribution in [0.2, 0.25) is 0 Å². The lowest BCUT2D eigenvalue weighted by atomic mass is 10.1. The molecule has 0 radical (unpaired) electrons. The third-order valence-electron chi connectivity index (χ3n) is 4.21. The van der Waals surface area contributed by atoms with Crippen LogP contribution in [0, 0.1) is 6.92 Å². The van der Waals surface area contributed by atoms with E-state index < -0.39 is 5.91 Å². The van der Waals surface area contributed by atoms with Crippen molar-refractivity contribution in [2.75, 3.05) is 0 Å². The number of hydrogen-bond donors (Lipinski definition) is 3. The zero-order chi connectivity index (χ0) is 17.4. The fourth-order valence-electron chi connectivity index (χ4n) is 2.96. The zero-order valence-corrected chi connectivity index (χ0v) is 13.7. The average Bonchev–Trinajstić information content (AvgIpc) is 3.21. The molecule has 0 saturated heterocycles. The Kier molecular flexibility index (Phi) is 3.54. The molecule has 0 unspecified atom stereocenters. The van der Waals surface area contributed by atoms with Crippen molar-refractivity contribution in [1.82, 2.24) is 9.97 Å². The molecule has 4 N–H and O–H groups in total. The van der Waals surface area contributed by atoms with Crippen molar-refractivity contribution in [3.05, 3.63) is 72.1 Å². The third-order valence-corrected chi connectivity index (χ3v) is 4.21. The summed E-state index contributed by atoms with van der Waals surface area (Å²) in [4.78, 5) is 17.9. The van der Waals surface area contributed by atoms with E-state index in [-0.39, 0.29) is 0 Å². The molecule has 0 aliphatic rings. The molecule has 2 heterocycles. The summed E-state index contributed by atoms with van der Waals surface area (Å²) >= 11 is 0. The Labute approximate surface area is 144 Å².